The standard InChI is InChI=1S/C9H13ClN2OS/c1-13-7-3-2-6(4-7)11-9-12-8(10)5-14-9/h5-7H,2-4H2,1H3,(H,11,12). The number of aromatic nitrogens is 1. The lowest BCUT2D eigenvalue weighted by Crippen LogP contribution is -2.16. The van der Waals surface area contributed by atoms with E-state index < -0.39 is 0 Å². The molecule has 0 radical (unpaired) electrons. The number of hydrogen-bond acceptors (Lipinski definition) is 4. The number of methoxy groups -OCH3 is 1. The second-order valence-corrected chi connectivity index (χ2v) is 4.73. The van der Waals surface area contributed by atoms with Crippen LogP contribution in [0.3, 0.4) is 0 Å². The molecule has 5 heteroatoms. The Balaban J connectivity index is 1.87. The summed E-state index contributed by atoms with van der Waals surface area (Å²) in [7, 11) is 1.77. The van der Waals surface area contributed by atoms with Gasteiger partial charge >= 0.3 is 0 Å². The first-order valence-corrected chi connectivity index (χ1v) is 5.94. The summed E-state index contributed by atoms with van der Waals surface area (Å²) >= 11 is 7.29. The molecule has 0 amide bonds. The third-order valence-corrected chi connectivity index (χ3v) is 3.62. The lowest BCUT2D eigenvalue weighted by molar-refractivity contribution is 0.108. The Morgan fingerprint density at radius 3 is 3.07 bits per heavy atom. The number of nitrogens with one attached hydrogen (secondary N) is 1. The van der Waals surface area contributed by atoms with Crippen LogP contribution in [0, 0.1) is 0 Å². The predicted molar refractivity (Wildman–Crippen MR) is 59.2 cm³/mol. The van der Waals surface area contributed by atoms with Crippen LogP contribution in [-0.2, 0) is 4.74 Å². The van der Waals surface area contributed by atoms with Gasteiger partial charge in [0.25, 0.3) is 0 Å². The maximum atomic E-state index is 5.74. The maximum absolute atomic E-state index is 5.74. The molecule has 3 nitrogen and oxygen atoms in total. The van der Waals surface area contributed by atoms with Crippen molar-refractivity contribution >= 4 is 28.1 Å². The summed E-state index contributed by atoms with van der Waals surface area (Å²) in [5.41, 5.74) is 0. The van der Waals surface area contributed by atoms with Crippen LogP contribution in [0.1, 0.15) is 19.3 Å². The van der Waals surface area contributed by atoms with Gasteiger partial charge in [0.1, 0.15) is 5.15 Å². The average molecular weight is 233 g/mol. The zero-order valence-corrected chi connectivity index (χ0v) is 9.57. The van der Waals surface area contributed by atoms with Crippen molar-refractivity contribution in [2.75, 3.05) is 12.4 Å². The molecule has 2 unspecified atom stereocenters. The minimum atomic E-state index is 0.405. The van der Waals surface area contributed by atoms with Gasteiger partial charge in [0, 0.05) is 18.5 Å². The summed E-state index contributed by atoms with van der Waals surface area (Å²) in [6, 6.07) is 0.488. The third-order valence-electron chi connectivity index (χ3n) is 2.52. The Bertz CT molecular complexity index is 305. The Kier molecular flexibility index (Phi) is 3.26. The summed E-state index contributed by atoms with van der Waals surface area (Å²) in [4.78, 5) is 4.16. The average Bonchev–Trinajstić information content (AvgIpc) is 2.76. The Morgan fingerprint density at radius 2 is 2.50 bits per heavy atom. The number of hydrogen-bond donors (Lipinski definition) is 1. The van der Waals surface area contributed by atoms with Crippen molar-refractivity contribution in [2.24, 2.45) is 0 Å². The zero-order valence-electron chi connectivity index (χ0n) is 8.00. The topological polar surface area (TPSA) is 34.1 Å². The van der Waals surface area contributed by atoms with Crippen LogP contribution < -0.4 is 5.32 Å². The molecule has 1 saturated carbocycles. The molecular weight excluding hydrogens is 220 g/mol. The van der Waals surface area contributed by atoms with E-state index in [2.05, 4.69) is 10.3 Å². The van der Waals surface area contributed by atoms with Gasteiger partial charge in [-0.2, -0.15) is 0 Å². The van der Waals surface area contributed by atoms with E-state index in [1.54, 1.807) is 18.4 Å². The first-order chi connectivity index (χ1) is 6.78. The highest BCUT2D eigenvalue weighted by atomic mass is 35.5. The van der Waals surface area contributed by atoms with Crippen LogP contribution in [0.4, 0.5) is 5.13 Å². The number of rotatable bonds is 3. The molecule has 2 rings (SSSR count). The van der Waals surface area contributed by atoms with Crippen LogP contribution in [-0.4, -0.2) is 24.2 Å². The highest BCUT2D eigenvalue weighted by Gasteiger charge is 2.24. The number of ether oxygens (including phenoxy) is 1. The van der Waals surface area contributed by atoms with Crippen molar-refractivity contribution in [3.63, 3.8) is 0 Å². The van der Waals surface area contributed by atoms with E-state index in [1.165, 1.54) is 0 Å². The van der Waals surface area contributed by atoms with Crippen molar-refractivity contribution in [2.45, 2.75) is 31.4 Å². The second kappa shape index (κ2) is 4.47. The van der Waals surface area contributed by atoms with Crippen LogP contribution in [0.5, 0.6) is 0 Å². The summed E-state index contributed by atoms with van der Waals surface area (Å²) < 4.78 is 5.30. The van der Waals surface area contributed by atoms with Gasteiger partial charge in [-0.05, 0) is 19.3 Å². The van der Waals surface area contributed by atoms with E-state index in [-0.39, 0.29) is 0 Å². The molecule has 1 fully saturated rings. The normalized spacial score (nSPS) is 26.7. The molecule has 0 bridgehead atoms. The molecule has 1 aliphatic rings. The zero-order chi connectivity index (χ0) is 9.97. The van der Waals surface area contributed by atoms with Gasteiger partial charge in [-0.25, -0.2) is 4.98 Å². The molecule has 1 heterocycles. The van der Waals surface area contributed by atoms with Gasteiger partial charge in [-0.15, -0.1) is 11.3 Å². The summed E-state index contributed by atoms with van der Waals surface area (Å²) in [6.07, 6.45) is 3.75. The monoisotopic (exact) mass is 232 g/mol. The molecule has 78 valence electrons. The second-order valence-electron chi connectivity index (χ2n) is 3.49. The van der Waals surface area contributed by atoms with Crippen molar-refractivity contribution in [3.05, 3.63) is 10.5 Å². The number of nitrogens with zero attached hydrogens (tertiary/aromatic N) is 1. The third kappa shape index (κ3) is 2.38. The van der Waals surface area contributed by atoms with Gasteiger partial charge in [-0.1, -0.05) is 11.6 Å². The van der Waals surface area contributed by atoms with Gasteiger partial charge in [0.2, 0.25) is 0 Å². The van der Waals surface area contributed by atoms with Crippen molar-refractivity contribution < 1.29 is 4.74 Å². The summed E-state index contributed by atoms with van der Waals surface area (Å²) in [5, 5.41) is 6.69. The Hall–Kier alpha value is -0.320. The largest absolute Gasteiger partial charge is 0.381 e. The number of thiazole rings is 1. The van der Waals surface area contributed by atoms with E-state index in [0.717, 1.165) is 24.4 Å². The van der Waals surface area contributed by atoms with Crippen LogP contribution in [0.2, 0.25) is 5.15 Å². The fraction of sp³-hybridized carbons (Fsp3) is 0.667. The SMILES string of the molecule is COC1CCC(Nc2nc(Cl)cs2)C1. The van der Waals surface area contributed by atoms with Crippen molar-refractivity contribution in [1.29, 1.82) is 0 Å². The Morgan fingerprint density at radius 1 is 1.64 bits per heavy atom. The van der Waals surface area contributed by atoms with Gasteiger partial charge < -0.3 is 10.1 Å². The minimum Gasteiger partial charge on any atom is -0.381 e. The van der Waals surface area contributed by atoms with Gasteiger partial charge in [0.05, 0.1) is 6.10 Å². The quantitative estimate of drug-likeness (QED) is 0.870. The molecule has 0 spiro atoms. The fourth-order valence-electron chi connectivity index (χ4n) is 1.78. The van der Waals surface area contributed by atoms with E-state index >= 15 is 0 Å². The van der Waals surface area contributed by atoms with Crippen LogP contribution in [0.25, 0.3) is 0 Å². The molecule has 2 atom stereocenters. The predicted octanol–water partition coefficient (Wildman–Crippen LogP) is 2.78. The van der Waals surface area contributed by atoms with E-state index in [4.69, 9.17) is 16.3 Å². The lowest BCUT2D eigenvalue weighted by atomic mass is 10.2. The first kappa shape index (κ1) is 10.2. The number of halogens is 1. The van der Waals surface area contributed by atoms with E-state index in [9.17, 15) is 0 Å². The minimum absolute atomic E-state index is 0.405. The molecule has 0 aliphatic heterocycles. The summed E-state index contributed by atoms with van der Waals surface area (Å²) in [6.45, 7) is 0. The molecule has 1 aromatic heterocycles. The van der Waals surface area contributed by atoms with Crippen LogP contribution >= 0.6 is 22.9 Å². The number of anilines is 1. The highest BCUT2D eigenvalue weighted by molar-refractivity contribution is 7.14. The molecule has 1 aromatic rings. The molecule has 1 N–H and O–H groups in total. The molecule has 0 saturated heterocycles. The van der Waals surface area contributed by atoms with Gasteiger partial charge in [-0.3, -0.25) is 0 Å². The maximum Gasteiger partial charge on any atom is 0.184 e. The molecule has 14 heavy (non-hydrogen) atoms. The first-order valence-electron chi connectivity index (χ1n) is 4.68. The van der Waals surface area contributed by atoms with Crippen molar-refractivity contribution in [1.82, 2.24) is 4.98 Å². The Labute approximate surface area is 92.4 Å². The molecule has 1 aliphatic carbocycles. The molecular formula is C9H13ClN2OS. The highest BCUT2D eigenvalue weighted by Crippen LogP contribution is 2.27. The van der Waals surface area contributed by atoms with E-state index in [1.807, 2.05) is 5.38 Å². The fourth-order valence-corrected chi connectivity index (χ4v) is 2.70. The van der Waals surface area contributed by atoms with Crippen LogP contribution in [0.15, 0.2) is 5.38 Å². The van der Waals surface area contributed by atoms with Gasteiger partial charge in [0.15, 0.2) is 5.13 Å². The summed E-state index contributed by atoms with van der Waals surface area (Å²) in [5.74, 6) is 0. The van der Waals surface area contributed by atoms with E-state index in [0.29, 0.717) is 17.3 Å². The molecule has 0 aromatic carbocycles. The smallest absolute Gasteiger partial charge is 0.184 e. The van der Waals surface area contributed by atoms with Crippen molar-refractivity contribution in [3.8, 4) is 0 Å². The lowest BCUT2D eigenvalue weighted by Gasteiger charge is -2.11.